The second-order valence-corrected chi connectivity index (χ2v) is 6.97. The van der Waals surface area contributed by atoms with Crippen LogP contribution >= 0.6 is 22.9 Å². The van der Waals surface area contributed by atoms with Crippen molar-refractivity contribution in [3.8, 4) is 6.07 Å². The van der Waals surface area contributed by atoms with Gasteiger partial charge in [-0.1, -0.05) is 32.4 Å². The van der Waals surface area contributed by atoms with Gasteiger partial charge in [0.1, 0.15) is 11.9 Å². The van der Waals surface area contributed by atoms with E-state index in [9.17, 15) is 0 Å². The molecule has 0 amide bonds. The van der Waals surface area contributed by atoms with Crippen LogP contribution in [0, 0.1) is 11.3 Å². The maximum absolute atomic E-state index is 8.89. The molecular formula is C15H17ClN4S. The quantitative estimate of drug-likeness (QED) is 0.924. The van der Waals surface area contributed by atoms with Crippen LogP contribution in [0.3, 0.4) is 0 Å². The number of aromatic nitrogens is 2. The number of thiazole rings is 1. The predicted octanol–water partition coefficient (Wildman–Crippen LogP) is 4.02. The molecule has 1 N–H and O–H groups in total. The van der Waals surface area contributed by atoms with E-state index in [2.05, 4.69) is 41.4 Å². The normalized spacial score (nSPS) is 11.2. The number of halogens is 1. The minimum Gasteiger partial charge on any atom is -0.370 e. The third kappa shape index (κ3) is 4.16. The van der Waals surface area contributed by atoms with Gasteiger partial charge in [-0.05, 0) is 12.1 Å². The van der Waals surface area contributed by atoms with Crippen molar-refractivity contribution in [2.75, 3.05) is 11.9 Å². The lowest BCUT2D eigenvalue weighted by molar-refractivity contribution is 0.583. The van der Waals surface area contributed by atoms with Gasteiger partial charge in [-0.25, -0.2) is 9.97 Å². The summed E-state index contributed by atoms with van der Waals surface area (Å²) in [7, 11) is 0. The van der Waals surface area contributed by atoms with E-state index in [-0.39, 0.29) is 11.1 Å². The van der Waals surface area contributed by atoms with Crippen LogP contribution in [0.5, 0.6) is 0 Å². The Morgan fingerprint density at radius 3 is 2.71 bits per heavy atom. The molecular weight excluding hydrogens is 304 g/mol. The molecule has 6 heteroatoms. The Labute approximate surface area is 133 Å². The second-order valence-electron chi connectivity index (χ2n) is 5.71. The zero-order chi connectivity index (χ0) is 15.5. The highest BCUT2D eigenvalue weighted by atomic mass is 35.5. The molecule has 2 rings (SSSR count). The number of nitrogens with zero attached hydrogens (tertiary/aromatic N) is 3. The average molecular weight is 321 g/mol. The van der Waals surface area contributed by atoms with Crippen LogP contribution in [0.15, 0.2) is 17.5 Å². The molecule has 0 aliphatic heterocycles. The van der Waals surface area contributed by atoms with Crippen molar-refractivity contribution in [3.05, 3.63) is 38.9 Å². The second kappa shape index (κ2) is 6.42. The lowest BCUT2D eigenvalue weighted by Crippen LogP contribution is -2.11. The summed E-state index contributed by atoms with van der Waals surface area (Å²) >= 11 is 7.55. The summed E-state index contributed by atoms with van der Waals surface area (Å²) in [5.41, 5.74) is 1.41. The summed E-state index contributed by atoms with van der Waals surface area (Å²) in [6, 6.07) is 5.42. The first kappa shape index (κ1) is 15.7. The molecule has 0 aliphatic rings. The molecule has 0 aliphatic carbocycles. The molecule has 0 spiro atoms. The third-order valence-electron chi connectivity index (χ3n) is 2.83. The SMILES string of the molecule is CC(C)(C)c1nc(CCNc2ccc(Cl)c(C#N)n2)cs1. The Hall–Kier alpha value is -1.64. The summed E-state index contributed by atoms with van der Waals surface area (Å²) in [6.45, 7) is 7.20. The van der Waals surface area contributed by atoms with E-state index < -0.39 is 0 Å². The molecule has 0 unspecified atom stereocenters. The Balaban J connectivity index is 1.93. The fraction of sp³-hybridized carbons (Fsp3) is 0.400. The molecule has 0 bridgehead atoms. The zero-order valence-electron chi connectivity index (χ0n) is 12.3. The highest BCUT2D eigenvalue weighted by Crippen LogP contribution is 2.25. The molecule has 0 radical (unpaired) electrons. The standard InChI is InChI=1S/C15H17ClN4S/c1-15(2,3)14-19-10(9-21-14)6-7-18-13-5-4-11(16)12(8-17)20-13/h4-5,9H,6-7H2,1-3H3,(H,18,20). The van der Waals surface area contributed by atoms with Crippen LogP contribution in [0.4, 0.5) is 5.82 Å². The topological polar surface area (TPSA) is 61.6 Å². The van der Waals surface area contributed by atoms with Crippen LogP contribution in [0.25, 0.3) is 0 Å². The number of anilines is 1. The van der Waals surface area contributed by atoms with E-state index >= 15 is 0 Å². The Kier molecular flexibility index (Phi) is 4.81. The van der Waals surface area contributed by atoms with Gasteiger partial charge < -0.3 is 5.32 Å². The number of rotatable bonds is 4. The average Bonchev–Trinajstić information content (AvgIpc) is 2.89. The van der Waals surface area contributed by atoms with E-state index in [1.54, 1.807) is 23.5 Å². The molecule has 0 saturated heterocycles. The molecule has 2 aromatic heterocycles. The van der Waals surface area contributed by atoms with Crippen molar-refractivity contribution in [3.63, 3.8) is 0 Å². The summed E-state index contributed by atoms with van der Waals surface area (Å²) in [5, 5.41) is 15.7. The minimum absolute atomic E-state index is 0.0930. The van der Waals surface area contributed by atoms with Gasteiger partial charge in [0.2, 0.25) is 0 Å². The van der Waals surface area contributed by atoms with Crippen LogP contribution < -0.4 is 5.32 Å². The molecule has 2 heterocycles. The monoisotopic (exact) mass is 320 g/mol. The highest BCUT2D eigenvalue weighted by molar-refractivity contribution is 7.09. The fourth-order valence-corrected chi connectivity index (χ4v) is 2.79. The van der Waals surface area contributed by atoms with Crippen molar-refractivity contribution < 1.29 is 0 Å². The molecule has 21 heavy (non-hydrogen) atoms. The Morgan fingerprint density at radius 1 is 1.33 bits per heavy atom. The van der Waals surface area contributed by atoms with Gasteiger partial charge in [0.05, 0.1) is 15.7 Å². The van der Waals surface area contributed by atoms with Crippen molar-refractivity contribution in [1.29, 1.82) is 5.26 Å². The zero-order valence-corrected chi connectivity index (χ0v) is 13.8. The van der Waals surface area contributed by atoms with Crippen LogP contribution in [0.2, 0.25) is 5.02 Å². The van der Waals surface area contributed by atoms with Gasteiger partial charge in [-0.2, -0.15) is 5.26 Å². The van der Waals surface area contributed by atoms with E-state index in [0.717, 1.165) is 17.1 Å². The maximum Gasteiger partial charge on any atom is 0.161 e. The van der Waals surface area contributed by atoms with Crippen LogP contribution in [-0.4, -0.2) is 16.5 Å². The van der Waals surface area contributed by atoms with Crippen molar-refractivity contribution in [2.45, 2.75) is 32.6 Å². The van der Waals surface area contributed by atoms with Gasteiger partial charge in [-0.15, -0.1) is 11.3 Å². The van der Waals surface area contributed by atoms with E-state index in [4.69, 9.17) is 16.9 Å². The van der Waals surface area contributed by atoms with Gasteiger partial charge in [0.15, 0.2) is 5.69 Å². The molecule has 0 aromatic carbocycles. The molecule has 0 atom stereocenters. The number of nitrogens with one attached hydrogen (secondary N) is 1. The first-order chi connectivity index (χ1) is 9.90. The molecule has 2 aromatic rings. The molecule has 0 fully saturated rings. The first-order valence-electron chi connectivity index (χ1n) is 6.65. The van der Waals surface area contributed by atoms with Gasteiger partial charge in [-0.3, -0.25) is 0 Å². The summed E-state index contributed by atoms with van der Waals surface area (Å²) in [6.07, 6.45) is 0.818. The lowest BCUT2D eigenvalue weighted by Gasteiger charge is -2.13. The number of nitriles is 1. The molecule has 4 nitrogen and oxygen atoms in total. The maximum atomic E-state index is 8.89. The summed E-state index contributed by atoms with van der Waals surface area (Å²) < 4.78 is 0. The largest absolute Gasteiger partial charge is 0.370 e. The van der Waals surface area contributed by atoms with E-state index in [1.165, 1.54) is 0 Å². The highest BCUT2D eigenvalue weighted by Gasteiger charge is 2.17. The molecule has 0 saturated carbocycles. The van der Waals surface area contributed by atoms with Gasteiger partial charge >= 0.3 is 0 Å². The van der Waals surface area contributed by atoms with Crippen molar-refractivity contribution >= 4 is 28.8 Å². The van der Waals surface area contributed by atoms with Crippen molar-refractivity contribution in [2.24, 2.45) is 0 Å². The Bertz CT molecular complexity index is 667. The summed E-state index contributed by atoms with van der Waals surface area (Å²) in [4.78, 5) is 8.79. The smallest absolute Gasteiger partial charge is 0.161 e. The lowest BCUT2D eigenvalue weighted by atomic mass is 9.98. The third-order valence-corrected chi connectivity index (χ3v) is 4.45. The van der Waals surface area contributed by atoms with Crippen LogP contribution in [-0.2, 0) is 11.8 Å². The van der Waals surface area contributed by atoms with E-state index in [1.807, 2.05) is 6.07 Å². The first-order valence-corrected chi connectivity index (χ1v) is 7.91. The molecule has 110 valence electrons. The van der Waals surface area contributed by atoms with Crippen molar-refractivity contribution in [1.82, 2.24) is 9.97 Å². The predicted molar refractivity (Wildman–Crippen MR) is 87.0 cm³/mol. The number of hydrogen-bond acceptors (Lipinski definition) is 5. The minimum atomic E-state index is 0.0930. The summed E-state index contributed by atoms with van der Waals surface area (Å²) in [5.74, 6) is 0.655. The van der Waals surface area contributed by atoms with Crippen LogP contribution in [0.1, 0.15) is 37.2 Å². The number of pyridine rings is 1. The number of hydrogen-bond donors (Lipinski definition) is 1. The Morgan fingerprint density at radius 2 is 2.10 bits per heavy atom. The van der Waals surface area contributed by atoms with Gasteiger partial charge in [0.25, 0.3) is 0 Å². The van der Waals surface area contributed by atoms with E-state index in [0.29, 0.717) is 17.4 Å². The van der Waals surface area contributed by atoms with Gasteiger partial charge in [0, 0.05) is 23.8 Å². The fourth-order valence-electron chi connectivity index (χ4n) is 1.70.